The van der Waals surface area contributed by atoms with Gasteiger partial charge in [0.15, 0.2) is 0 Å². The highest BCUT2D eigenvalue weighted by Crippen LogP contribution is 2.37. The summed E-state index contributed by atoms with van der Waals surface area (Å²) >= 11 is 0. The number of rotatable bonds is 6. The molecule has 1 saturated carbocycles. The molecule has 1 amide bonds. The largest absolute Gasteiger partial charge is 0.444 e. The van der Waals surface area contributed by atoms with Crippen molar-refractivity contribution in [2.45, 2.75) is 52.2 Å². The Balaban J connectivity index is 2.34. The normalized spacial score (nSPS) is 14.9. The van der Waals surface area contributed by atoms with Gasteiger partial charge in [-0.05, 0) is 52.5 Å². The Labute approximate surface area is 162 Å². The lowest BCUT2D eigenvalue weighted by atomic mass is 9.95. The molecule has 2 N–H and O–H groups in total. The van der Waals surface area contributed by atoms with E-state index in [-0.39, 0.29) is 22.8 Å². The molecule has 0 bridgehead atoms. The highest BCUT2D eigenvalue weighted by Gasteiger charge is 2.42. The fraction of sp³-hybridized carbons (Fsp3) is 0.526. The van der Waals surface area contributed by atoms with Crippen molar-refractivity contribution in [1.29, 1.82) is 10.8 Å². The third kappa shape index (κ3) is 4.52. The molecule has 0 aromatic heterocycles. The van der Waals surface area contributed by atoms with Crippen molar-refractivity contribution in [2.24, 2.45) is 5.92 Å². The van der Waals surface area contributed by atoms with Crippen molar-refractivity contribution in [2.75, 3.05) is 7.05 Å². The number of halogens is 1. The van der Waals surface area contributed by atoms with E-state index in [0.717, 1.165) is 12.8 Å². The molecular formula is C19H25FN4O4. The monoisotopic (exact) mass is 392 g/mol. The van der Waals surface area contributed by atoms with E-state index in [1.54, 1.807) is 20.8 Å². The van der Waals surface area contributed by atoms with Gasteiger partial charge < -0.3 is 15.0 Å². The number of nitrogens with zero attached hydrogens (tertiary/aromatic N) is 2. The summed E-state index contributed by atoms with van der Waals surface area (Å²) < 4.78 is 20.0. The van der Waals surface area contributed by atoms with Gasteiger partial charge in [-0.1, -0.05) is 6.07 Å². The van der Waals surface area contributed by atoms with Gasteiger partial charge in [0.1, 0.15) is 5.60 Å². The summed E-state index contributed by atoms with van der Waals surface area (Å²) in [5.41, 5.74) is -2.38. The summed E-state index contributed by atoms with van der Waals surface area (Å²) in [5.74, 6) is -1.18. The number of amides is 1. The van der Waals surface area contributed by atoms with E-state index in [4.69, 9.17) is 15.6 Å². The number of nitro groups is 1. The van der Waals surface area contributed by atoms with E-state index in [1.807, 2.05) is 0 Å². The van der Waals surface area contributed by atoms with E-state index >= 15 is 0 Å². The van der Waals surface area contributed by atoms with Crippen molar-refractivity contribution < 1.29 is 18.8 Å². The summed E-state index contributed by atoms with van der Waals surface area (Å²) in [6.45, 7) is 6.57. The molecule has 1 unspecified atom stereocenters. The van der Waals surface area contributed by atoms with Crippen LogP contribution in [0, 0.1) is 39.6 Å². The van der Waals surface area contributed by atoms with Crippen molar-refractivity contribution in [3.63, 3.8) is 0 Å². The number of ether oxygens (including phenoxy) is 1. The molecule has 1 aromatic carbocycles. The molecule has 8 nitrogen and oxygen atoms in total. The average molecular weight is 392 g/mol. The summed E-state index contributed by atoms with van der Waals surface area (Å²) in [6.07, 6.45) is 0.894. The molecule has 0 aliphatic heterocycles. The molecule has 2 rings (SSSR count). The van der Waals surface area contributed by atoms with Crippen LogP contribution in [0.4, 0.5) is 14.9 Å². The second-order valence-corrected chi connectivity index (χ2v) is 8.01. The highest BCUT2D eigenvalue weighted by atomic mass is 19.1. The number of carbonyl (C=O) groups excluding carboxylic acids is 1. The van der Waals surface area contributed by atoms with Gasteiger partial charge in [0.05, 0.1) is 22.4 Å². The number of hydrogen-bond donors (Lipinski definition) is 2. The maximum Gasteiger partial charge on any atom is 0.410 e. The van der Waals surface area contributed by atoms with E-state index in [2.05, 4.69) is 0 Å². The van der Waals surface area contributed by atoms with Crippen LogP contribution in [0.3, 0.4) is 0 Å². The molecule has 0 saturated heterocycles. The number of hydrogen-bond acceptors (Lipinski definition) is 6. The molecule has 0 radical (unpaired) electrons. The summed E-state index contributed by atoms with van der Waals surface area (Å²) in [7, 11) is 1.48. The van der Waals surface area contributed by atoms with Crippen molar-refractivity contribution >= 4 is 23.2 Å². The number of carbonyl (C=O) groups is 1. The van der Waals surface area contributed by atoms with Gasteiger partial charge in [0, 0.05) is 18.2 Å². The van der Waals surface area contributed by atoms with Gasteiger partial charge in [-0.25, -0.2) is 4.79 Å². The van der Waals surface area contributed by atoms with Crippen LogP contribution in [0.1, 0.15) is 44.7 Å². The predicted molar refractivity (Wildman–Crippen MR) is 103 cm³/mol. The van der Waals surface area contributed by atoms with Gasteiger partial charge in [0.25, 0.3) is 0 Å². The lowest BCUT2D eigenvalue weighted by Gasteiger charge is -2.31. The molecule has 1 fully saturated rings. The zero-order valence-corrected chi connectivity index (χ0v) is 16.6. The summed E-state index contributed by atoms with van der Waals surface area (Å²) in [4.78, 5) is 24.0. The van der Waals surface area contributed by atoms with E-state index in [1.165, 1.54) is 31.0 Å². The first-order valence-corrected chi connectivity index (χ1v) is 8.92. The van der Waals surface area contributed by atoms with Gasteiger partial charge in [-0.2, -0.15) is 4.39 Å². The van der Waals surface area contributed by atoms with E-state index < -0.39 is 39.9 Å². The zero-order valence-electron chi connectivity index (χ0n) is 16.6. The van der Waals surface area contributed by atoms with Crippen molar-refractivity contribution in [3.8, 4) is 0 Å². The Hall–Kier alpha value is -2.84. The van der Waals surface area contributed by atoms with Crippen LogP contribution in [-0.2, 0) is 4.74 Å². The van der Waals surface area contributed by atoms with Crippen molar-refractivity contribution in [3.05, 3.63) is 39.2 Å². The SMILES string of the molecule is Cc1ccc(C(=N)C(=N)C(C2CC2)N(C)C(=O)OC(C)(C)C)c(F)c1[N+](=O)[O-]. The third-order valence-corrected chi connectivity index (χ3v) is 4.50. The van der Waals surface area contributed by atoms with Gasteiger partial charge in [-0.15, -0.1) is 0 Å². The first-order valence-electron chi connectivity index (χ1n) is 8.92. The first-order chi connectivity index (χ1) is 12.8. The Morgan fingerprint density at radius 1 is 1.36 bits per heavy atom. The second kappa shape index (κ2) is 7.65. The smallest absolute Gasteiger partial charge is 0.410 e. The lowest BCUT2D eigenvalue weighted by molar-refractivity contribution is -0.388. The highest BCUT2D eigenvalue weighted by molar-refractivity contribution is 6.48. The minimum atomic E-state index is -1.14. The molecule has 0 spiro atoms. The van der Waals surface area contributed by atoms with Crippen LogP contribution in [0.25, 0.3) is 0 Å². The van der Waals surface area contributed by atoms with Crippen LogP contribution < -0.4 is 0 Å². The van der Waals surface area contributed by atoms with Gasteiger partial charge in [0.2, 0.25) is 5.82 Å². The molecule has 1 aliphatic rings. The minimum absolute atomic E-state index is 0.0335. The maximum absolute atomic E-state index is 14.7. The van der Waals surface area contributed by atoms with Crippen LogP contribution in [0.2, 0.25) is 0 Å². The first kappa shape index (κ1) is 21.5. The minimum Gasteiger partial charge on any atom is -0.444 e. The standard InChI is InChI=1S/C19H25FN4O4/c1-10-6-9-12(13(20)16(10)24(26)27)14(21)15(22)17(11-7-8-11)23(5)18(25)28-19(2,3)4/h6,9,11,17,21-22H,7-8H2,1-5H3. The fourth-order valence-electron chi connectivity index (χ4n) is 2.98. The Morgan fingerprint density at radius 3 is 2.39 bits per heavy atom. The van der Waals surface area contributed by atoms with Crippen LogP contribution in [0.15, 0.2) is 12.1 Å². The van der Waals surface area contributed by atoms with Crippen molar-refractivity contribution in [1.82, 2.24) is 4.90 Å². The molecular weight excluding hydrogens is 367 g/mol. The predicted octanol–water partition coefficient (Wildman–Crippen LogP) is 4.08. The quantitative estimate of drug-likeness (QED) is 0.430. The van der Waals surface area contributed by atoms with Gasteiger partial charge >= 0.3 is 11.8 Å². The molecule has 9 heteroatoms. The molecule has 152 valence electrons. The number of benzene rings is 1. The Morgan fingerprint density at radius 2 is 1.93 bits per heavy atom. The van der Waals surface area contributed by atoms with Crippen LogP contribution in [-0.4, -0.2) is 46.0 Å². The number of nitrogens with one attached hydrogen (secondary N) is 2. The molecule has 0 heterocycles. The summed E-state index contributed by atoms with van der Waals surface area (Å²) in [6, 6.07) is 1.84. The van der Waals surface area contributed by atoms with Crippen LogP contribution >= 0.6 is 0 Å². The Kier molecular flexibility index (Phi) is 5.86. The average Bonchev–Trinajstić information content (AvgIpc) is 3.37. The Bertz CT molecular complexity index is 843. The maximum atomic E-state index is 14.7. The fourth-order valence-corrected chi connectivity index (χ4v) is 2.98. The van der Waals surface area contributed by atoms with E-state index in [0.29, 0.717) is 0 Å². The second-order valence-electron chi connectivity index (χ2n) is 8.01. The third-order valence-electron chi connectivity index (χ3n) is 4.50. The zero-order chi connectivity index (χ0) is 21.4. The van der Waals surface area contributed by atoms with Gasteiger partial charge in [-0.3, -0.25) is 15.5 Å². The summed E-state index contributed by atoms with van der Waals surface area (Å²) in [5, 5.41) is 27.9. The lowest BCUT2D eigenvalue weighted by Crippen LogP contribution is -2.48. The molecule has 1 atom stereocenters. The number of nitro benzene ring substituents is 1. The van der Waals surface area contributed by atoms with E-state index in [9.17, 15) is 19.3 Å². The van der Waals surface area contributed by atoms with Crippen LogP contribution in [0.5, 0.6) is 0 Å². The molecule has 28 heavy (non-hydrogen) atoms. The molecule has 1 aliphatic carbocycles. The topological polar surface area (TPSA) is 120 Å². The number of aryl methyl sites for hydroxylation is 1. The molecule has 1 aromatic rings.